The number of hydrogen-bond donors (Lipinski definition) is 2. The van der Waals surface area contributed by atoms with E-state index in [0.29, 0.717) is 76.3 Å². The Morgan fingerprint density at radius 2 is 0.764 bits per heavy atom. The second-order valence-corrected chi connectivity index (χ2v) is 29.4. The minimum Gasteiger partial charge on any atom is -0.398 e. The summed E-state index contributed by atoms with van der Waals surface area (Å²) in [6.45, 7) is 6.28. The van der Waals surface area contributed by atoms with Gasteiger partial charge < -0.3 is 15.8 Å². The summed E-state index contributed by atoms with van der Waals surface area (Å²) in [5, 5.41) is 10.6. The van der Waals surface area contributed by atoms with Crippen LogP contribution in [-0.4, -0.2) is 40.5 Å². The predicted octanol–water partition coefficient (Wildman–Crippen LogP) is 29.1. The van der Waals surface area contributed by atoms with Crippen molar-refractivity contribution in [1.29, 1.82) is 0 Å². The van der Waals surface area contributed by atoms with Crippen LogP contribution in [0.15, 0.2) is 303 Å². The molecular weight excluding hydrogens is 1690 g/mol. The summed E-state index contributed by atoms with van der Waals surface area (Å²) in [5.41, 5.74) is 20.4. The van der Waals surface area contributed by atoms with Crippen molar-refractivity contribution in [3.63, 3.8) is 0 Å². The van der Waals surface area contributed by atoms with Gasteiger partial charge in [-0.2, -0.15) is 0 Å². The Kier molecular flexibility index (Phi) is 33.5. The molecule has 15 aromatic rings. The molecule has 0 unspecified atom stereocenters. The molecule has 2 aromatic heterocycles. The minimum absolute atomic E-state index is 0. The van der Waals surface area contributed by atoms with E-state index in [4.69, 9.17) is 78.4 Å². The predicted molar refractivity (Wildman–Crippen MR) is 487 cm³/mol. The van der Waals surface area contributed by atoms with Gasteiger partial charge in [-0.1, -0.05) is 313 Å². The summed E-state index contributed by atoms with van der Waals surface area (Å²) >= 11 is 35.9. The lowest BCUT2D eigenvalue weighted by atomic mass is 9.91. The number of pyridine rings is 2. The number of halogens is 7. The quantitative estimate of drug-likeness (QED) is 0.0217. The molecule has 15 heteroatoms. The summed E-state index contributed by atoms with van der Waals surface area (Å²) in [6, 6.07) is 95.8. The molecule has 110 heavy (non-hydrogen) atoms. The highest BCUT2D eigenvalue weighted by atomic mass is 127. The number of ether oxygens (including phenoxy) is 1. The zero-order chi connectivity index (χ0) is 75.2. The molecule has 8 nitrogen and oxygen atoms in total. The smallest absolute Gasteiger partial charge is 0.195 e. The number of nitrogen functional groups attached to an aromatic ring is 1. The number of para-hydroxylation sites is 1. The average Bonchev–Trinajstić information content (AvgIpc) is 0.724. The van der Waals surface area contributed by atoms with Crippen molar-refractivity contribution >= 4 is 181 Å². The van der Waals surface area contributed by atoms with Crippen molar-refractivity contribution in [2.24, 2.45) is 0 Å². The maximum absolute atomic E-state index is 13.6. The molecular formula is C95H85Cl5I2N4O4. The van der Waals surface area contributed by atoms with Gasteiger partial charge in [-0.05, 0) is 177 Å². The molecule has 0 radical (unpaired) electrons. The normalized spacial score (nSPS) is 10.4. The van der Waals surface area contributed by atoms with E-state index in [1.54, 1.807) is 84.9 Å². The highest BCUT2D eigenvalue weighted by Gasteiger charge is 2.23. The van der Waals surface area contributed by atoms with Crippen LogP contribution in [0.25, 0.3) is 65.9 Å². The standard InChI is InChI=1S/C33H23Cl2NO2.C32H18Cl2N2.C13H10ClNO.C8H18O.C6H4I2.3CH4/c34-26-14-8-15-28(21-26)36-31-24(13-7-16-30(31)33(38)23-11-5-2-6-12-23)19-25-20-27(35)17-18-29(25)32(37)22-9-3-1-4-10-22;33-21-11-13-23-27(17-21)35-31-25(29(23)19-7-3-1-4-8-19)15-16-26-30(20-9-5-2-6-10-20)24-14-12-22(34)18-28(24)36-32(26)31;14-10-6-7-11(12(15)8-10)13(16)9-4-2-1-3-5-9;1-3-5-7-9-8-6-4-2;7-5-3-1-2-4-6(5)8;;;/h1-18,20-21,36H,19H2;1-18H;1-8H,15H2;3-8H2,1-2H3;1-4H;3*1H4. The number of benzene rings is 13. The molecule has 0 aliphatic rings. The van der Waals surface area contributed by atoms with Gasteiger partial charge in [0.2, 0.25) is 0 Å². The summed E-state index contributed by atoms with van der Waals surface area (Å²) in [5.74, 6) is -0.281. The first-order chi connectivity index (χ1) is 52.1. The van der Waals surface area contributed by atoms with Crippen LogP contribution in [0, 0.1) is 7.14 Å². The van der Waals surface area contributed by atoms with Crippen LogP contribution < -0.4 is 11.1 Å². The fourth-order valence-electron chi connectivity index (χ4n) is 12.1. The van der Waals surface area contributed by atoms with Crippen molar-refractivity contribution in [2.45, 2.75) is 68.2 Å². The second-order valence-electron chi connectivity index (χ2n) is 24.9. The molecule has 13 aromatic carbocycles. The zero-order valence-corrected chi connectivity index (χ0v) is 66.7. The van der Waals surface area contributed by atoms with Crippen molar-refractivity contribution in [2.75, 3.05) is 24.3 Å². The maximum atomic E-state index is 13.6. The average molecular weight is 1780 g/mol. The maximum Gasteiger partial charge on any atom is 0.195 e. The lowest BCUT2D eigenvalue weighted by Gasteiger charge is -2.18. The van der Waals surface area contributed by atoms with E-state index in [-0.39, 0.29) is 39.6 Å². The summed E-state index contributed by atoms with van der Waals surface area (Å²) in [7, 11) is 0. The second kappa shape index (κ2) is 42.8. The SMILES string of the molecule is C.C.C.CCCCOCCCC.Clc1ccc2c(-c3ccccc3)c3ccc4c(-c5ccccc5)c5ccc(Cl)cc5nc4c3nc2c1.Ic1ccccc1I.Nc1cc(Cl)ccc1C(=O)c1ccccc1.O=C(c1ccccc1)c1ccc(Cl)cc1Cc1cccc(C(=O)c2ccccc2)c1Nc1cccc(Cl)c1. The van der Waals surface area contributed by atoms with Crippen LogP contribution in [-0.2, 0) is 11.2 Å². The topological polar surface area (TPSA) is 124 Å². The third kappa shape index (κ3) is 22.5. The fourth-order valence-corrected chi connectivity index (χ4v) is 13.8. The molecule has 0 aliphatic heterocycles. The van der Waals surface area contributed by atoms with Crippen LogP contribution in [0.5, 0.6) is 0 Å². The highest BCUT2D eigenvalue weighted by Crippen LogP contribution is 2.43. The van der Waals surface area contributed by atoms with Crippen molar-refractivity contribution in [3.8, 4) is 22.3 Å². The molecule has 0 spiro atoms. The number of nitrogens with zero attached hydrogens (tertiary/aromatic N) is 2. The van der Waals surface area contributed by atoms with Gasteiger partial charge in [-0.15, -0.1) is 0 Å². The van der Waals surface area contributed by atoms with E-state index in [1.807, 2.05) is 133 Å². The van der Waals surface area contributed by atoms with Gasteiger partial charge in [0.25, 0.3) is 0 Å². The van der Waals surface area contributed by atoms with Crippen molar-refractivity contribution < 1.29 is 19.1 Å². The molecule has 0 saturated heterocycles. The zero-order valence-electron chi connectivity index (χ0n) is 58.6. The van der Waals surface area contributed by atoms with Gasteiger partial charge in [0.1, 0.15) is 0 Å². The largest absolute Gasteiger partial charge is 0.398 e. The molecule has 0 saturated carbocycles. The number of fused-ring (bicyclic) bond motifs is 5. The van der Waals surface area contributed by atoms with Gasteiger partial charge in [0.15, 0.2) is 17.3 Å². The van der Waals surface area contributed by atoms with Crippen LogP contribution in [0.1, 0.15) is 121 Å². The Morgan fingerprint density at radius 3 is 1.21 bits per heavy atom. The lowest BCUT2D eigenvalue weighted by molar-refractivity contribution is 0.103. The molecule has 0 amide bonds. The Hall–Kier alpha value is -9.32. The number of unbranched alkanes of at least 4 members (excludes halogenated alkanes) is 2. The van der Waals surface area contributed by atoms with E-state index < -0.39 is 0 Å². The van der Waals surface area contributed by atoms with Gasteiger partial charge in [0, 0.05) is 129 Å². The molecule has 0 aliphatic carbocycles. The van der Waals surface area contributed by atoms with Crippen molar-refractivity contribution in [1.82, 2.24) is 9.97 Å². The first kappa shape index (κ1) is 86.3. The number of carbonyl (C=O) groups excluding carboxylic acids is 3. The van der Waals surface area contributed by atoms with Crippen LogP contribution in [0.2, 0.25) is 25.1 Å². The Bertz CT molecular complexity index is 5420. The monoisotopic (exact) mass is 1770 g/mol. The van der Waals surface area contributed by atoms with Crippen LogP contribution in [0.4, 0.5) is 17.1 Å². The van der Waals surface area contributed by atoms with E-state index in [2.05, 4.69) is 149 Å². The molecule has 3 N–H and O–H groups in total. The third-order valence-corrected chi connectivity index (χ3v) is 21.5. The number of nitrogens with one attached hydrogen (secondary N) is 1. The summed E-state index contributed by atoms with van der Waals surface area (Å²) in [6.07, 6.45) is 5.29. The number of aromatic nitrogens is 2. The first-order valence-electron chi connectivity index (χ1n) is 34.9. The number of ketones is 3. The van der Waals surface area contributed by atoms with Gasteiger partial charge in [-0.25, -0.2) is 9.97 Å². The number of hydrogen-bond acceptors (Lipinski definition) is 8. The Labute approximate surface area is 698 Å². The number of anilines is 3. The van der Waals surface area contributed by atoms with Gasteiger partial charge in [0.05, 0.1) is 27.8 Å². The molecule has 558 valence electrons. The van der Waals surface area contributed by atoms with Gasteiger partial charge in [-0.3, -0.25) is 14.4 Å². The number of rotatable bonds is 18. The number of carbonyl (C=O) groups is 3. The van der Waals surface area contributed by atoms with Gasteiger partial charge >= 0.3 is 0 Å². The highest BCUT2D eigenvalue weighted by molar-refractivity contribution is 14.1. The molecule has 2 heterocycles. The molecule has 15 rings (SSSR count). The lowest BCUT2D eigenvalue weighted by Crippen LogP contribution is -2.10. The Balaban J connectivity index is 0.000000194. The van der Waals surface area contributed by atoms with E-state index in [1.165, 1.54) is 32.8 Å². The summed E-state index contributed by atoms with van der Waals surface area (Å²) < 4.78 is 7.96. The van der Waals surface area contributed by atoms with Crippen LogP contribution >= 0.6 is 103 Å². The molecule has 0 fully saturated rings. The number of nitrogens with two attached hydrogens (primary N) is 1. The van der Waals surface area contributed by atoms with E-state index in [0.717, 1.165) is 95.9 Å². The summed E-state index contributed by atoms with van der Waals surface area (Å²) in [4.78, 5) is 49.3. The third-order valence-electron chi connectivity index (χ3n) is 17.4. The van der Waals surface area contributed by atoms with Crippen LogP contribution in [0.3, 0.4) is 0 Å². The van der Waals surface area contributed by atoms with E-state index in [9.17, 15) is 14.4 Å². The molecule has 0 bridgehead atoms. The minimum atomic E-state index is -0.108. The fraction of sp³-hybridized carbons (Fsp3) is 0.126. The van der Waals surface area contributed by atoms with Crippen molar-refractivity contribution in [3.05, 3.63) is 380 Å². The first-order valence-corrected chi connectivity index (χ1v) is 38.9. The Morgan fingerprint density at radius 1 is 0.382 bits per heavy atom. The molecule has 0 atom stereocenters. The van der Waals surface area contributed by atoms with E-state index >= 15 is 0 Å².